The summed E-state index contributed by atoms with van der Waals surface area (Å²) in [4.78, 5) is 35.3. The molecule has 6 nitrogen and oxygen atoms in total. The first-order valence-corrected chi connectivity index (χ1v) is 8.61. The lowest BCUT2D eigenvalue weighted by atomic mass is 10.2. The van der Waals surface area contributed by atoms with Crippen LogP contribution in [0.4, 0.5) is 5.69 Å². The summed E-state index contributed by atoms with van der Waals surface area (Å²) in [6.07, 6.45) is 1.81. The Kier molecular flexibility index (Phi) is 6.46. The third-order valence-electron chi connectivity index (χ3n) is 3.28. The quantitative estimate of drug-likeness (QED) is 0.774. The van der Waals surface area contributed by atoms with Gasteiger partial charge in [0.05, 0.1) is 0 Å². The molecule has 0 unspecified atom stereocenters. The van der Waals surface area contributed by atoms with Gasteiger partial charge in [0.2, 0.25) is 0 Å². The molecule has 1 heterocycles. The van der Waals surface area contributed by atoms with Gasteiger partial charge in [-0.15, -0.1) is 11.8 Å². The Balaban J connectivity index is 1.83. The molecule has 1 aromatic rings. The van der Waals surface area contributed by atoms with E-state index >= 15 is 0 Å². The first-order chi connectivity index (χ1) is 11.1. The largest absolute Gasteiger partial charge is 0.455 e. The van der Waals surface area contributed by atoms with Gasteiger partial charge in [0.15, 0.2) is 6.61 Å². The number of thioether (sulfide) groups is 1. The van der Waals surface area contributed by atoms with Crippen LogP contribution in [0.5, 0.6) is 0 Å². The van der Waals surface area contributed by atoms with Crippen LogP contribution in [0, 0.1) is 0 Å². The van der Waals surface area contributed by atoms with E-state index in [-0.39, 0.29) is 23.7 Å². The third-order valence-corrected chi connectivity index (χ3v) is 4.64. The van der Waals surface area contributed by atoms with Crippen molar-refractivity contribution in [2.45, 2.75) is 25.0 Å². The average molecular weight is 336 g/mol. The number of esters is 1. The molecule has 0 aliphatic carbocycles. The van der Waals surface area contributed by atoms with Gasteiger partial charge in [0, 0.05) is 17.8 Å². The van der Waals surface area contributed by atoms with Gasteiger partial charge in [-0.25, -0.2) is 0 Å². The maximum atomic E-state index is 11.8. The van der Waals surface area contributed by atoms with Crippen LogP contribution in [0.1, 0.15) is 30.1 Å². The Morgan fingerprint density at radius 3 is 2.87 bits per heavy atom. The fourth-order valence-corrected chi connectivity index (χ4v) is 3.35. The lowest BCUT2D eigenvalue weighted by molar-refractivity contribution is -0.146. The summed E-state index contributed by atoms with van der Waals surface area (Å²) in [6, 6.07) is 6.60. The zero-order valence-corrected chi connectivity index (χ0v) is 13.8. The first-order valence-electron chi connectivity index (χ1n) is 7.56. The fraction of sp³-hybridized carbons (Fsp3) is 0.438. The van der Waals surface area contributed by atoms with Gasteiger partial charge in [0.25, 0.3) is 11.8 Å². The molecule has 2 rings (SSSR count). The molecular formula is C16H20N2O4S. The molecule has 1 saturated heterocycles. The molecule has 7 heteroatoms. The molecule has 1 aromatic carbocycles. The zero-order valence-electron chi connectivity index (χ0n) is 13.0. The molecule has 1 atom stereocenters. The molecule has 0 saturated carbocycles. The number of nitrogens with one attached hydrogen (secondary N) is 2. The summed E-state index contributed by atoms with van der Waals surface area (Å²) in [6.45, 7) is 2.05. The molecule has 0 aromatic heterocycles. The molecule has 1 aliphatic rings. The number of hydrogen-bond acceptors (Lipinski definition) is 5. The van der Waals surface area contributed by atoms with Crippen molar-refractivity contribution in [1.82, 2.24) is 5.32 Å². The number of anilines is 1. The maximum absolute atomic E-state index is 11.8. The van der Waals surface area contributed by atoms with Crippen LogP contribution < -0.4 is 10.6 Å². The van der Waals surface area contributed by atoms with E-state index < -0.39 is 5.91 Å². The van der Waals surface area contributed by atoms with Crippen molar-refractivity contribution in [3.8, 4) is 0 Å². The van der Waals surface area contributed by atoms with E-state index in [9.17, 15) is 14.4 Å². The van der Waals surface area contributed by atoms with Gasteiger partial charge in [-0.2, -0.15) is 0 Å². The van der Waals surface area contributed by atoms with Crippen molar-refractivity contribution >= 4 is 35.2 Å². The second kappa shape index (κ2) is 8.57. The van der Waals surface area contributed by atoms with Gasteiger partial charge in [-0.05, 0) is 43.7 Å². The van der Waals surface area contributed by atoms with Crippen molar-refractivity contribution in [2.75, 3.05) is 24.2 Å². The van der Waals surface area contributed by atoms with E-state index in [4.69, 9.17) is 4.74 Å². The van der Waals surface area contributed by atoms with Crippen LogP contribution in [-0.2, 0) is 14.3 Å². The Morgan fingerprint density at radius 2 is 2.17 bits per heavy atom. The fourth-order valence-electron chi connectivity index (χ4n) is 2.19. The van der Waals surface area contributed by atoms with E-state index in [1.165, 1.54) is 0 Å². The number of hydrogen-bond donors (Lipinski definition) is 2. The van der Waals surface area contributed by atoms with Crippen LogP contribution in [0.3, 0.4) is 0 Å². The number of amides is 2. The highest BCUT2D eigenvalue weighted by atomic mass is 32.2. The summed E-state index contributed by atoms with van der Waals surface area (Å²) in [5.41, 5.74) is 0.953. The predicted molar refractivity (Wildman–Crippen MR) is 89.5 cm³/mol. The normalized spacial score (nSPS) is 16.7. The third kappa shape index (κ3) is 5.28. The van der Waals surface area contributed by atoms with E-state index in [0.717, 1.165) is 18.6 Å². The minimum Gasteiger partial charge on any atom is -0.455 e. The minimum absolute atomic E-state index is 0.149. The Hall–Kier alpha value is -2.02. The lowest BCUT2D eigenvalue weighted by Crippen LogP contribution is -2.25. The average Bonchev–Trinajstić information content (AvgIpc) is 3.07. The molecule has 2 N–H and O–H groups in total. The maximum Gasteiger partial charge on any atom is 0.319 e. The van der Waals surface area contributed by atoms with Gasteiger partial charge < -0.3 is 15.4 Å². The van der Waals surface area contributed by atoms with E-state index in [1.54, 1.807) is 36.0 Å². The summed E-state index contributed by atoms with van der Waals surface area (Å²) < 4.78 is 5.03. The minimum atomic E-state index is -0.422. The van der Waals surface area contributed by atoms with Crippen LogP contribution in [0.25, 0.3) is 0 Å². The number of carbonyl (C=O) groups is 3. The van der Waals surface area contributed by atoms with Gasteiger partial charge in [-0.3, -0.25) is 14.4 Å². The summed E-state index contributed by atoms with van der Waals surface area (Å²) in [7, 11) is 0. The van der Waals surface area contributed by atoms with Crippen molar-refractivity contribution in [2.24, 2.45) is 0 Å². The van der Waals surface area contributed by atoms with Gasteiger partial charge >= 0.3 is 5.97 Å². The predicted octanol–water partition coefficient (Wildman–Crippen LogP) is 1.81. The molecule has 124 valence electrons. The molecule has 0 radical (unpaired) electrons. The van der Waals surface area contributed by atoms with Crippen molar-refractivity contribution < 1.29 is 19.1 Å². The van der Waals surface area contributed by atoms with E-state index in [2.05, 4.69) is 10.6 Å². The number of benzene rings is 1. The Bertz CT molecular complexity index is 585. The molecule has 23 heavy (non-hydrogen) atoms. The van der Waals surface area contributed by atoms with Gasteiger partial charge in [0.1, 0.15) is 5.25 Å². The zero-order chi connectivity index (χ0) is 16.7. The van der Waals surface area contributed by atoms with Crippen LogP contribution in [0.2, 0.25) is 0 Å². The molecule has 2 amide bonds. The van der Waals surface area contributed by atoms with E-state index in [0.29, 0.717) is 17.8 Å². The Morgan fingerprint density at radius 1 is 1.35 bits per heavy atom. The highest BCUT2D eigenvalue weighted by Gasteiger charge is 2.25. The summed E-state index contributed by atoms with van der Waals surface area (Å²) >= 11 is 1.57. The molecule has 0 spiro atoms. The lowest BCUT2D eigenvalue weighted by Gasteiger charge is -2.10. The molecule has 1 fully saturated rings. The first kappa shape index (κ1) is 17.3. The van der Waals surface area contributed by atoms with Crippen molar-refractivity contribution in [3.63, 3.8) is 0 Å². The number of carbonyl (C=O) groups excluding carboxylic acids is 3. The Labute approximate surface area is 139 Å². The topological polar surface area (TPSA) is 84.5 Å². The van der Waals surface area contributed by atoms with Crippen LogP contribution >= 0.6 is 11.8 Å². The van der Waals surface area contributed by atoms with Gasteiger partial charge in [-0.1, -0.05) is 6.07 Å². The molecular weight excluding hydrogens is 316 g/mol. The molecule has 1 aliphatic heterocycles. The highest BCUT2D eigenvalue weighted by molar-refractivity contribution is 8.00. The second-order valence-electron chi connectivity index (χ2n) is 5.10. The summed E-state index contributed by atoms with van der Waals surface area (Å²) in [5.74, 6) is -0.000108. The SMILES string of the molecule is CCNC(=O)c1cccc(NC(=O)COC(=O)[C@@H]2CCCS2)c1. The van der Waals surface area contributed by atoms with Crippen molar-refractivity contribution in [1.29, 1.82) is 0 Å². The number of ether oxygens (including phenoxy) is 1. The molecule has 0 bridgehead atoms. The van der Waals surface area contributed by atoms with Crippen LogP contribution in [-0.4, -0.2) is 41.9 Å². The second-order valence-corrected chi connectivity index (χ2v) is 6.41. The van der Waals surface area contributed by atoms with E-state index in [1.807, 2.05) is 6.92 Å². The van der Waals surface area contributed by atoms with Crippen molar-refractivity contribution in [3.05, 3.63) is 29.8 Å². The highest BCUT2D eigenvalue weighted by Crippen LogP contribution is 2.26. The van der Waals surface area contributed by atoms with Crippen LogP contribution in [0.15, 0.2) is 24.3 Å². The standard InChI is InChI=1S/C16H20N2O4S/c1-2-17-15(20)11-5-3-6-12(9-11)18-14(19)10-22-16(21)13-7-4-8-23-13/h3,5-6,9,13H,2,4,7-8,10H2,1H3,(H,17,20)(H,18,19)/t13-/m0/s1. The monoisotopic (exact) mass is 336 g/mol. The smallest absolute Gasteiger partial charge is 0.319 e. The summed E-state index contributed by atoms with van der Waals surface area (Å²) in [5, 5.41) is 5.16. The number of rotatable bonds is 6.